The van der Waals surface area contributed by atoms with E-state index in [1.807, 2.05) is 6.92 Å². The summed E-state index contributed by atoms with van der Waals surface area (Å²) in [6, 6.07) is 0. The molecule has 0 aliphatic heterocycles. The number of unbranched alkanes of at least 4 members (excludes halogenated alkanes) is 5. The maximum Gasteiger partial charge on any atom is 0.335 e. The lowest BCUT2D eigenvalue weighted by molar-refractivity contribution is -0.138. The van der Waals surface area contributed by atoms with Gasteiger partial charge in [0.2, 0.25) is 0 Å². The highest BCUT2D eigenvalue weighted by Crippen LogP contribution is 2.04. The lowest BCUT2D eigenvalue weighted by Crippen LogP contribution is -2.12. The number of rotatable bonds is 10. The minimum atomic E-state index is -0.233. The third kappa shape index (κ3) is 9.91. The van der Waals surface area contributed by atoms with E-state index >= 15 is 0 Å². The summed E-state index contributed by atoms with van der Waals surface area (Å²) in [4.78, 5) is 11.3. The third-order valence-electron chi connectivity index (χ3n) is 2.59. The Balaban J connectivity index is 3.42. The summed E-state index contributed by atoms with van der Waals surface area (Å²) in [6.45, 7) is 7.18. The Morgan fingerprint density at radius 2 is 1.76 bits per heavy atom. The molecule has 0 aromatic rings. The summed E-state index contributed by atoms with van der Waals surface area (Å²) >= 11 is 0. The summed E-state index contributed by atoms with van der Waals surface area (Å²) in [6.07, 6.45) is 9.47. The summed E-state index contributed by atoms with van der Waals surface area (Å²) in [5.41, 5.74) is 0.637. The maximum absolute atomic E-state index is 11.3. The fourth-order valence-electron chi connectivity index (χ4n) is 1.54. The van der Waals surface area contributed by atoms with Crippen molar-refractivity contribution in [1.29, 1.82) is 0 Å². The first-order valence-electron chi connectivity index (χ1n) is 6.79. The van der Waals surface area contributed by atoms with Crippen molar-refractivity contribution in [3.8, 4) is 0 Å². The van der Waals surface area contributed by atoms with E-state index in [0.29, 0.717) is 12.2 Å². The van der Waals surface area contributed by atoms with Crippen LogP contribution in [0.15, 0.2) is 11.8 Å². The molecule has 0 saturated heterocycles. The number of nitrogens with one attached hydrogen (secondary N) is 1. The molecular formula is C14H27NO2. The van der Waals surface area contributed by atoms with Crippen molar-refractivity contribution in [2.75, 3.05) is 13.2 Å². The van der Waals surface area contributed by atoms with Crippen LogP contribution < -0.4 is 5.32 Å². The predicted molar refractivity (Wildman–Crippen MR) is 71.8 cm³/mol. The van der Waals surface area contributed by atoms with Gasteiger partial charge in [0.15, 0.2) is 0 Å². The Morgan fingerprint density at radius 3 is 2.41 bits per heavy atom. The highest BCUT2D eigenvalue weighted by molar-refractivity contribution is 5.87. The van der Waals surface area contributed by atoms with Crippen LogP contribution in [-0.2, 0) is 9.53 Å². The molecule has 17 heavy (non-hydrogen) atoms. The summed E-state index contributed by atoms with van der Waals surface area (Å²) in [7, 11) is 0. The van der Waals surface area contributed by atoms with Crippen LogP contribution in [0.3, 0.4) is 0 Å². The van der Waals surface area contributed by atoms with Crippen molar-refractivity contribution >= 4 is 5.97 Å². The Morgan fingerprint density at radius 1 is 1.12 bits per heavy atom. The molecule has 0 unspecified atom stereocenters. The molecule has 0 atom stereocenters. The summed E-state index contributed by atoms with van der Waals surface area (Å²) in [5.74, 6) is -0.233. The van der Waals surface area contributed by atoms with Crippen LogP contribution in [0.25, 0.3) is 0 Å². The molecule has 100 valence electrons. The molecule has 0 aromatic heterocycles. The molecule has 3 heteroatoms. The Hall–Kier alpha value is -0.990. The molecule has 0 saturated carbocycles. The lowest BCUT2D eigenvalue weighted by Gasteiger charge is -2.04. The summed E-state index contributed by atoms with van der Waals surface area (Å²) < 4.78 is 4.88. The molecule has 0 aliphatic rings. The van der Waals surface area contributed by atoms with Crippen molar-refractivity contribution in [1.82, 2.24) is 5.32 Å². The molecule has 1 N–H and O–H groups in total. The van der Waals surface area contributed by atoms with E-state index in [1.54, 1.807) is 13.1 Å². The first-order valence-corrected chi connectivity index (χ1v) is 6.79. The zero-order chi connectivity index (χ0) is 12.9. The molecule has 0 amide bonds. The maximum atomic E-state index is 11.3. The van der Waals surface area contributed by atoms with Crippen LogP contribution >= 0.6 is 0 Å². The van der Waals surface area contributed by atoms with E-state index in [0.717, 1.165) is 13.0 Å². The largest absolute Gasteiger partial charge is 0.463 e. The monoisotopic (exact) mass is 241 g/mol. The van der Waals surface area contributed by atoms with Crippen molar-refractivity contribution in [3.63, 3.8) is 0 Å². The topological polar surface area (TPSA) is 38.3 Å². The molecule has 0 rings (SSSR count). The highest BCUT2D eigenvalue weighted by Gasteiger charge is 2.02. The zero-order valence-corrected chi connectivity index (χ0v) is 11.6. The fraction of sp³-hybridized carbons (Fsp3) is 0.786. The van der Waals surface area contributed by atoms with Crippen LogP contribution in [-0.4, -0.2) is 19.1 Å². The second kappa shape index (κ2) is 11.5. The van der Waals surface area contributed by atoms with Gasteiger partial charge in [0, 0.05) is 18.3 Å². The van der Waals surface area contributed by atoms with Gasteiger partial charge in [0.1, 0.15) is 0 Å². The van der Waals surface area contributed by atoms with Gasteiger partial charge in [-0.15, -0.1) is 0 Å². The van der Waals surface area contributed by atoms with E-state index in [1.165, 1.54) is 32.1 Å². The lowest BCUT2D eigenvalue weighted by atomic mass is 10.1. The number of hydrogen-bond acceptors (Lipinski definition) is 3. The smallest absolute Gasteiger partial charge is 0.335 e. The van der Waals surface area contributed by atoms with Crippen LogP contribution in [0.5, 0.6) is 0 Å². The van der Waals surface area contributed by atoms with Gasteiger partial charge >= 0.3 is 5.97 Å². The number of ether oxygens (including phenoxy) is 1. The summed E-state index contributed by atoms with van der Waals surface area (Å²) in [5, 5.41) is 3.15. The van der Waals surface area contributed by atoms with Crippen molar-refractivity contribution in [2.24, 2.45) is 0 Å². The molecule has 0 aromatic carbocycles. The standard InChI is InChI=1S/C14H27NO2/c1-4-6-7-8-9-10-11-15-12-13(3)14(16)17-5-2/h12,15H,4-11H2,1-3H3/b13-12+. The quantitative estimate of drug-likeness (QED) is 0.362. The highest BCUT2D eigenvalue weighted by atomic mass is 16.5. The number of carbonyl (C=O) groups is 1. The number of hydrogen-bond donors (Lipinski definition) is 1. The second-order valence-electron chi connectivity index (χ2n) is 4.27. The molecule has 0 bridgehead atoms. The van der Waals surface area contributed by atoms with Gasteiger partial charge in [-0.05, 0) is 20.3 Å². The van der Waals surface area contributed by atoms with Crippen molar-refractivity contribution in [3.05, 3.63) is 11.8 Å². The Bertz CT molecular complexity index is 224. The van der Waals surface area contributed by atoms with Crippen molar-refractivity contribution in [2.45, 2.75) is 59.3 Å². The van der Waals surface area contributed by atoms with E-state index in [4.69, 9.17) is 4.74 Å². The van der Waals surface area contributed by atoms with Gasteiger partial charge in [0.25, 0.3) is 0 Å². The molecule has 0 heterocycles. The normalized spacial score (nSPS) is 11.4. The van der Waals surface area contributed by atoms with Gasteiger partial charge in [-0.25, -0.2) is 4.79 Å². The van der Waals surface area contributed by atoms with Crippen molar-refractivity contribution < 1.29 is 9.53 Å². The van der Waals surface area contributed by atoms with Crippen LogP contribution in [0, 0.1) is 0 Å². The van der Waals surface area contributed by atoms with E-state index in [-0.39, 0.29) is 5.97 Å². The number of esters is 1. The van der Waals surface area contributed by atoms with Gasteiger partial charge in [0.05, 0.1) is 6.61 Å². The molecule has 0 aliphatic carbocycles. The predicted octanol–water partition coefficient (Wildman–Crippen LogP) is 3.40. The Labute approximate surface area is 106 Å². The average molecular weight is 241 g/mol. The average Bonchev–Trinajstić information content (AvgIpc) is 2.32. The van der Waals surface area contributed by atoms with Crippen LogP contribution in [0.1, 0.15) is 59.3 Å². The first-order chi connectivity index (χ1) is 8.22. The van der Waals surface area contributed by atoms with E-state index in [2.05, 4.69) is 12.2 Å². The van der Waals surface area contributed by atoms with Crippen LogP contribution in [0.2, 0.25) is 0 Å². The second-order valence-corrected chi connectivity index (χ2v) is 4.27. The molecule has 3 nitrogen and oxygen atoms in total. The van der Waals surface area contributed by atoms with Gasteiger partial charge in [-0.1, -0.05) is 39.0 Å². The minimum Gasteiger partial charge on any atom is -0.463 e. The van der Waals surface area contributed by atoms with Crippen LogP contribution in [0.4, 0.5) is 0 Å². The zero-order valence-electron chi connectivity index (χ0n) is 11.6. The molecule has 0 radical (unpaired) electrons. The molecule has 0 fully saturated rings. The third-order valence-corrected chi connectivity index (χ3v) is 2.59. The number of carbonyl (C=O) groups excluding carboxylic acids is 1. The Kier molecular flexibility index (Phi) is 10.8. The molecular weight excluding hydrogens is 214 g/mol. The molecule has 0 spiro atoms. The van der Waals surface area contributed by atoms with Gasteiger partial charge < -0.3 is 10.1 Å². The minimum absolute atomic E-state index is 0.233. The fourth-order valence-corrected chi connectivity index (χ4v) is 1.54. The van der Waals surface area contributed by atoms with E-state index in [9.17, 15) is 4.79 Å². The van der Waals surface area contributed by atoms with Gasteiger partial charge in [-0.3, -0.25) is 0 Å². The van der Waals surface area contributed by atoms with E-state index < -0.39 is 0 Å². The SMILES string of the molecule is CCCCCCCCN/C=C(\C)C(=O)OCC. The van der Waals surface area contributed by atoms with Gasteiger partial charge in [-0.2, -0.15) is 0 Å². The first kappa shape index (κ1) is 16.0.